The molecule has 1 aromatic rings. The number of rotatable bonds is 3. The summed E-state index contributed by atoms with van der Waals surface area (Å²) in [6.07, 6.45) is 6.82. The van der Waals surface area contributed by atoms with E-state index < -0.39 is 5.60 Å². The molecule has 0 aliphatic heterocycles. The normalized spacial score (nSPS) is 28.6. The molecule has 0 amide bonds. The lowest BCUT2D eigenvalue weighted by molar-refractivity contribution is -0.0652. The molecule has 1 aliphatic rings. The maximum absolute atomic E-state index is 11.0. The molecule has 3 N–H and O–H groups in total. The van der Waals surface area contributed by atoms with Crippen LogP contribution in [0.5, 0.6) is 0 Å². The second kappa shape index (κ2) is 5.27. The van der Waals surface area contributed by atoms with Gasteiger partial charge in [-0.25, -0.2) is 4.98 Å². The van der Waals surface area contributed by atoms with Gasteiger partial charge in [0.25, 0.3) is 0 Å². The van der Waals surface area contributed by atoms with Gasteiger partial charge in [0.2, 0.25) is 0 Å². The summed E-state index contributed by atoms with van der Waals surface area (Å²) < 4.78 is 0. The van der Waals surface area contributed by atoms with Gasteiger partial charge >= 0.3 is 0 Å². The van der Waals surface area contributed by atoms with E-state index in [9.17, 15) is 5.11 Å². The first-order chi connectivity index (χ1) is 8.51. The molecule has 1 heterocycles. The first-order valence-corrected chi connectivity index (χ1v) is 6.94. The van der Waals surface area contributed by atoms with Crippen molar-refractivity contribution >= 4 is 5.82 Å². The fraction of sp³-hybridized carbons (Fsp3) is 0.667. The molecular weight excluding hydrogens is 224 g/mol. The Hall–Kier alpha value is -1.09. The van der Waals surface area contributed by atoms with Crippen LogP contribution in [0.1, 0.15) is 45.1 Å². The molecule has 0 bridgehead atoms. The summed E-state index contributed by atoms with van der Waals surface area (Å²) >= 11 is 0. The van der Waals surface area contributed by atoms with Crippen molar-refractivity contribution in [3.8, 4) is 0 Å². The topological polar surface area (TPSA) is 59.1 Å². The molecule has 0 radical (unpaired) electrons. The molecule has 2 atom stereocenters. The molecule has 100 valence electrons. The minimum atomic E-state index is -0.569. The number of aliphatic hydroxyl groups is 1. The average molecular weight is 248 g/mol. The van der Waals surface area contributed by atoms with E-state index in [1.807, 2.05) is 12.1 Å². The van der Waals surface area contributed by atoms with E-state index in [-0.39, 0.29) is 0 Å². The third kappa shape index (κ3) is 2.83. The predicted octanol–water partition coefficient (Wildman–Crippen LogP) is 2.78. The highest BCUT2D eigenvalue weighted by Crippen LogP contribution is 2.40. The van der Waals surface area contributed by atoms with Crippen molar-refractivity contribution in [1.29, 1.82) is 0 Å². The summed E-state index contributed by atoms with van der Waals surface area (Å²) in [5, 5.41) is 11.0. The maximum atomic E-state index is 11.0. The molecule has 0 spiro atoms. The summed E-state index contributed by atoms with van der Waals surface area (Å²) in [5.74, 6) is 1.45. The van der Waals surface area contributed by atoms with Crippen LogP contribution >= 0.6 is 0 Å². The third-order valence-electron chi connectivity index (χ3n) is 4.23. The van der Waals surface area contributed by atoms with Gasteiger partial charge < -0.3 is 10.8 Å². The number of anilines is 1. The van der Waals surface area contributed by atoms with Gasteiger partial charge in [0, 0.05) is 12.6 Å². The number of nitrogens with zero attached hydrogens (tertiary/aromatic N) is 1. The Bertz CT molecular complexity index is 405. The lowest BCUT2D eigenvalue weighted by atomic mass is 9.68. The lowest BCUT2D eigenvalue weighted by Crippen LogP contribution is -2.45. The van der Waals surface area contributed by atoms with Gasteiger partial charge in [0.1, 0.15) is 5.82 Å². The van der Waals surface area contributed by atoms with Gasteiger partial charge in [-0.2, -0.15) is 0 Å². The van der Waals surface area contributed by atoms with Crippen molar-refractivity contribution < 1.29 is 5.11 Å². The van der Waals surface area contributed by atoms with E-state index in [1.54, 1.807) is 6.20 Å². The molecule has 1 saturated carbocycles. The zero-order valence-corrected chi connectivity index (χ0v) is 11.4. The summed E-state index contributed by atoms with van der Waals surface area (Å²) in [4.78, 5) is 4.01. The fourth-order valence-corrected chi connectivity index (χ4v) is 3.38. The first-order valence-electron chi connectivity index (χ1n) is 6.94. The second-order valence-corrected chi connectivity index (χ2v) is 5.97. The number of aromatic nitrogens is 1. The number of nitrogen functional groups attached to an aromatic ring is 1. The molecule has 18 heavy (non-hydrogen) atoms. The lowest BCUT2D eigenvalue weighted by Gasteiger charge is -2.42. The van der Waals surface area contributed by atoms with Gasteiger partial charge in [0.15, 0.2) is 0 Å². The van der Waals surface area contributed by atoms with E-state index in [4.69, 9.17) is 5.73 Å². The van der Waals surface area contributed by atoms with Crippen LogP contribution in [0.15, 0.2) is 18.3 Å². The Morgan fingerprint density at radius 3 is 2.94 bits per heavy atom. The predicted molar refractivity (Wildman–Crippen MR) is 74.1 cm³/mol. The van der Waals surface area contributed by atoms with E-state index in [0.717, 1.165) is 24.8 Å². The molecule has 3 nitrogen and oxygen atoms in total. The van der Waals surface area contributed by atoms with Crippen LogP contribution in [0, 0.1) is 11.8 Å². The van der Waals surface area contributed by atoms with Crippen molar-refractivity contribution in [3.63, 3.8) is 0 Å². The van der Waals surface area contributed by atoms with E-state index in [2.05, 4.69) is 18.8 Å². The molecule has 2 rings (SSSR count). The first kappa shape index (κ1) is 13.3. The second-order valence-electron chi connectivity index (χ2n) is 5.97. The van der Waals surface area contributed by atoms with Gasteiger partial charge in [-0.1, -0.05) is 26.7 Å². The van der Waals surface area contributed by atoms with Crippen molar-refractivity contribution in [2.24, 2.45) is 11.8 Å². The summed E-state index contributed by atoms with van der Waals surface area (Å²) in [6, 6.07) is 3.84. The largest absolute Gasteiger partial charge is 0.389 e. The van der Waals surface area contributed by atoms with Crippen molar-refractivity contribution in [2.45, 2.75) is 51.6 Å². The van der Waals surface area contributed by atoms with Gasteiger partial charge in [0.05, 0.1) is 5.60 Å². The number of pyridine rings is 1. The molecule has 0 saturated heterocycles. The van der Waals surface area contributed by atoms with Crippen LogP contribution < -0.4 is 5.73 Å². The Balaban J connectivity index is 2.18. The Morgan fingerprint density at radius 2 is 2.28 bits per heavy atom. The summed E-state index contributed by atoms with van der Waals surface area (Å²) in [6.45, 7) is 4.42. The molecule has 1 aliphatic carbocycles. The van der Waals surface area contributed by atoms with Crippen molar-refractivity contribution in [2.75, 3.05) is 5.73 Å². The molecule has 2 unspecified atom stereocenters. The molecule has 1 fully saturated rings. The van der Waals surface area contributed by atoms with Crippen LogP contribution in [-0.4, -0.2) is 15.7 Å². The van der Waals surface area contributed by atoms with Crippen LogP contribution in [-0.2, 0) is 6.42 Å². The average Bonchev–Trinajstić information content (AvgIpc) is 2.28. The van der Waals surface area contributed by atoms with Crippen LogP contribution in [0.3, 0.4) is 0 Å². The SMILES string of the molecule is CC(C)C1CCCCC1(O)Cc1ccnc(N)c1. The summed E-state index contributed by atoms with van der Waals surface area (Å²) in [7, 11) is 0. The molecule has 0 aromatic carbocycles. The number of nitrogens with two attached hydrogens (primary N) is 1. The zero-order chi connectivity index (χ0) is 13.2. The Labute approximate surface area is 109 Å². The van der Waals surface area contributed by atoms with E-state index >= 15 is 0 Å². The third-order valence-corrected chi connectivity index (χ3v) is 4.23. The van der Waals surface area contributed by atoms with Crippen LogP contribution in [0.25, 0.3) is 0 Å². The van der Waals surface area contributed by atoms with Crippen molar-refractivity contribution in [1.82, 2.24) is 4.98 Å². The fourth-order valence-electron chi connectivity index (χ4n) is 3.38. The van der Waals surface area contributed by atoms with Crippen LogP contribution in [0.2, 0.25) is 0 Å². The minimum absolute atomic E-state index is 0.389. The van der Waals surface area contributed by atoms with Gasteiger partial charge in [-0.05, 0) is 42.4 Å². The number of hydrogen-bond acceptors (Lipinski definition) is 3. The highest BCUT2D eigenvalue weighted by Gasteiger charge is 2.40. The molecule has 3 heteroatoms. The standard InChI is InChI=1S/C15H24N2O/c1-11(2)13-5-3-4-7-15(13,18)10-12-6-8-17-14(16)9-12/h6,8-9,11,13,18H,3-5,7,10H2,1-2H3,(H2,16,17). The highest BCUT2D eigenvalue weighted by molar-refractivity contribution is 5.32. The quantitative estimate of drug-likeness (QED) is 0.864. The number of hydrogen-bond donors (Lipinski definition) is 2. The smallest absolute Gasteiger partial charge is 0.123 e. The maximum Gasteiger partial charge on any atom is 0.123 e. The van der Waals surface area contributed by atoms with E-state index in [0.29, 0.717) is 24.1 Å². The van der Waals surface area contributed by atoms with E-state index in [1.165, 1.54) is 6.42 Å². The van der Waals surface area contributed by atoms with Crippen molar-refractivity contribution in [3.05, 3.63) is 23.9 Å². The van der Waals surface area contributed by atoms with Gasteiger partial charge in [-0.3, -0.25) is 0 Å². The minimum Gasteiger partial charge on any atom is -0.389 e. The van der Waals surface area contributed by atoms with Crippen LogP contribution in [0.4, 0.5) is 5.82 Å². The summed E-state index contributed by atoms with van der Waals surface area (Å²) in [5.41, 5.74) is 6.23. The Kier molecular flexibility index (Phi) is 3.91. The molecular formula is C15H24N2O. The van der Waals surface area contributed by atoms with Gasteiger partial charge in [-0.15, -0.1) is 0 Å². The highest BCUT2D eigenvalue weighted by atomic mass is 16.3. The molecule has 1 aromatic heterocycles. The zero-order valence-electron chi connectivity index (χ0n) is 11.4. The monoisotopic (exact) mass is 248 g/mol. The Morgan fingerprint density at radius 1 is 1.50 bits per heavy atom.